The summed E-state index contributed by atoms with van der Waals surface area (Å²) in [6.45, 7) is 15.4. The molecule has 0 saturated carbocycles. The predicted molar refractivity (Wildman–Crippen MR) is 125 cm³/mol. The lowest BCUT2D eigenvalue weighted by Gasteiger charge is -2.38. The van der Waals surface area contributed by atoms with Crippen LogP contribution < -0.4 is 0 Å². The molecule has 1 aromatic carbocycles. The normalized spacial score (nSPS) is 23.1. The van der Waals surface area contributed by atoms with Crippen LogP contribution in [0.4, 0.5) is 0 Å². The number of benzene rings is 1. The number of likely N-dealkylation sites (N-methyl/N-ethyl adjacent to an activating group) is 1. The molecule has 0 N–H and O–H groups in total. The van der Waals surface area contributed by atoms with Gasteiger partial charge in [0.2, 0.25) is 11.8 Å². The van der Waals surface area contributed by atoms with E-state index in [9.17, 15) is 9.59 Å². The van der Waals surface area contributed by atoms with Gasteiger partial charge in [0.05, 0.1) is 13.1 Å². The number of likely N-dealkylation sites (tertiary alicyclic amines) is 1. The van der Waals surface area contributed by atoms with Crippen molar-refractivity contribution in [2.75, 3.05) is 59.4 Å². The lowest BCUT2D eigenvalue weighted by molar-refractivity contribution is -0.136. The average molecular weight is 429 g/mol. The largest absolute Gasteiger partial charge is 0.341 e. The molecule has 2 fully saturated rings. The van der Waals surface area contributed by atoms with Crippen LogP contribution in [0.5, 0.6) is 0 Å². The third kappa shape index (κ3) is 6.78. The highest BCUT2D eigenvalue weighted by molar-refractivity contribution is 5.79. The summed E-state index contributed by atoms with van der Waals surface area (Å²) in [6.07, 6.45) is 1.22. The number of hydrogen-bond acceptors (Lipinski definition) is 4. The summed E-state index contributed by atoms with van der Waals surface area (Å²) in [5.74, 6) is 1.60. The standard InChI is InChI=1S/C25H40N4O2/c1-19-6-7-23(22(4)13-19)16-26(5)24(30)17-27-8-10-28(11-9-27)18-25(31)29-14-20(2)12-21(3)15-29/h6-7,13,20-21H,8-12,14-18H2,1-5H3/t20-,21-/m0/s1. The zero-order chi connectivity index (χ0) is 22.5. The van der Waals surface area contributed by atoms with Crippen LogP contribution in [0.25, 0.3) is 0 Å². The summed E-state index contributed by atoms with van der Waals surface area (Å²) >= 11 is 0. The van der Waals surface area contributed by atoms with Gasteiger partial charge in [0, 0.05) is 52.9 Å². The fourth-order valence-corrected chi connectivity index (χ4v) is 4.94. The van der Waals surface area contributed by atoms with Crippen LogP contribution in [-0.4, -0.2) is 90.8 Å². The van der Waals surface area contributed by atoms with E-state index in [0.29, 0.717) is 31.5 Å². The zero-order valence-corrected chi connectivity index (χ0v) is 20.1. The molecule has 2 heterocycles. The first-order valence-corrected chi connectivity index (χ1v) is 11.7. The van der Waals surface area contributed by atoms with Gasteiger partial charge in [-0.2, -0.15) is 0 Å². The first kappa shape index (κ1) is 23.7. The van der Waals surface area contributed by atoms with Crippen LogP contribution in [-0.2, 0) is 16.1 Å². The molecule has 1 aromatic rings. The minimum absolute atomic E-state index is 0.154. The molecule has 6 heteroatoms. The Balaban J connectivity index is 1.41. The molecule has 2 aliphatic heterocycles. The number of hydrogen-bond donors (Lipinski definition) is 0. The monoisotopic (exact) mass is 428 g/mol. The topological polar surface area (TPSA) is 47.1 Å². The summed E-state index contributed by atoms with van der Waals surface area (Å²) in [7, 11) is 1.89. The molecule has 6 nitrogen and oxygen atoms in total. The Morgan fingerprint density at radius 2 is 1.55 bits per heavy atom. The van der Waals surface area contributed by atoms with Gasteiger partial charge in [-0.25, -0.2) is 0 Å². The van der Waals surface area contributed by atoms with E-state index >= 15 is 0 Å². The molecule has 31 heavy (non-hydrogen) atoms. The molecular formula is C25H40N4O2. The molecule has 3 rings (SSSR count). The molecular weight excluding hydrogens is 388 g/mol. The van der Waals surface area contributed by atoms with Crippen molar-refractivity contribution in [1.82, 2.24) is 19.6 Å². The molecule has 2 aliphatic rings. The van der Waals surface area contributed by atoms with Gasteiger partial charge in [0.1, 0.15) is 0 Å². The van der Waals surface area contributed by atoms with E-state index in [4.69, 9.17) is 0 Å². The zero-order valence-electron chi connectivity index (χ0n) is 20.1. The number of aryl methyl sites for hydroxylation is 2. The Labute approximate surface area is 188 Å². The van der Waals surface area contributed by atoms with Crippen molar-refractivity contribution < 1.29 is 9.59 Å². The molecule has 0 unspecified atom stereocenters. The van der Waals surface area contributed by atoms with Crippen molar-refractivity contribution in [3.8, 4) is 0 Å². The van der Waals surface area contributed by atoms with E-state index in [1.54, 1.807) is 0 Å². The Kier molecular flexibility index (Phi) is 8.11. The Morgan fingerprint density at radius 1 is 0.968 bits per heavy atom. The molecule has 0 bridgehead atoms. The highest BCUT2D eigenvalue weighted by Crippen LogP contribution is 2.21. The van der Waals surface area contributed by atoms with E-state index in [1.165, 1.54) is 23.1 Å². The van der Waals surface area contributed by atoms with Gasteiger partial charge in [0.25, 0.3) is 0 Å². The minimum atomic E-state index is 0.154. The van der Waals surface area contributed by atoms with Crippen molar-refractivity contribution in [3.63, 3.8) is 0 Å². The maximum atomic E-state index is 12.7. The van der Waals surface area contributed by atoms with Gasteiger partial charge in [-0.3, -0.25) is 19.4 Å². The van der Waals surface area contributed by atoms with E-state index in [1.807, 2.05) is 11.9 Å². The van der Waals surface area contributed by atoms with Gasteiger partial charge in [0.15, 0.2) is 0 Å². The smallest absolute Gasteiger partial charge is 0.236 e. The van der Waals surface area contributed by atoms with E-state index in [2.05, 4.69) is 60.6 Å². The van der Waals surface area contributed by atoms with E-state index in [0.717, 1.165) is 39.3 Å². The minimum Gasteiger partial charge on any atom is -0.341 e. The average Bonchev–Trinajstić information content (AvgIpc) is 2.70. The second kappa shape index (κ2) is 10.6. The number of piperazine rings is 1. The Bertz CT molecular complexity index is 763. The summed E-state index contributed by atoms with van der Waals surface area (Å²) in [4.78, 5) is 33.8. The van der Waals surface area contributed by atoms with Gasteiger partial charge in [-0.15, -0.1) is 0 Å². The fraction of sp³-hybridized carbons (Fsp3) is 0.680. The molecule has 2 saturated heterocycles. The molecule has 0 aromatic heterocycles. The highest BCUT2D eigenvalue weighted by atomic mass is 16.2. The predicted octanol–water partition coefficient (Wildman–Crippen LogP) is 2.38. The fourth-order valence-electron chi connectivity index (χ4n) is 4.94. The van der Waals surface area contributed by atoms with Crippen molar-refractivity contribution in [1.29, 1.82) is 0 Å². The van der Waals surface area contributed by atoms with Gasteiger partial charge in [-0.1, -0.05) is 37.6 Å². The van der Waals surface area contributed by atoms with Crippen molar-refractivity contribution in [2.24, 2.45) is 11.8 Å². The van der Waals surface area contributed by atoms with Crippen LogP contribution in [0, 0.1) is 25.7 Å². The lowest BCUT2D eigenvalue weighted by atomic mass is 9.92. The maximum absolute atomic E-state index is 12.7. The van der Waals surface area contributed by atoms with Crippen molar-refractivity contribution in [3.05, 3.63) is 34.9 Å². The van der Waals surface area contributed by atoms with Crippen LogP contribution in [0.2, 0.25) is 0 Å². The summed E-state index contributed by atoms with van der Waals surface area (Å²) in [5.41, 5.74) is 3.68. The summed E-state index contributed by atoms with van der Waals surface area (Å²) in [6, 6.07) is 6.39. The van der Waals surface area contributed by atoms with Gasteiger partial charge >= 0.3 is 0 Å². The highest BCUT2D eigenvalue weighted by Gasteiger charge is 2.28. The number of nitrogens with zero attached hydrogens (tertiary/aromatic N) is 4. The number of piperidine rings is 1. The number of carbonyl (C=O) groups is 2. The second-order valence-corrected chi connectivity index (χ2v) is 9.98. The number of rotatable bonds is 6. The first-order valence-electron chi connectivity index (χ1n) is 11.7. The lowest BCUT2D eigenvalue weighted by Crippen LogP contribution is -2.53. The number of carbonyl (C=O) groups excluding carboxylic acids is 2. The third-order valence-electron chi connectivity index (χ3n) is 6.74. The Hall–Kier alpha value is -1.92. The van der Waals surface area contributed by atoms with Gasteiger partial charge < -0.3 is 9.80 Å². The Morgan fingerprint density at radius 3 is 2.13 bits per heavy atom. The van der Waals surface area contributed by atoms with E-state index in [-0.39, 0.29) is 11.8 Å². The molecule has 172 valence electrons. The van der Waals surface area contributed by atoms with Crippen LogP contribution in [0.15, 0.2) is 18.2 Å². The number of amides is 2. The summed E-state index contributed by atoms with van der Waals surface area (Å²) in [5, 5.41) is 0. The molecule has 2 atom stereocenters. The van der Waals surface area contributed by atoms with Crippen molar-refractivity contribution in [2.45, 2.75) is 40.7 Å². The molecule has 2 amide bonds. The van der Waals surface area contributed by atoms with Gasteiger partial charge in [-0.05, 0) is 43.2 Å². The maximum Gasteiger partial charge on any atom is 0.236 e. The molecule has 0 aliphatic carbocycles. The van der Waals surface area contributed by atoms with Crippen LogP contribution in [0.3, 0.4) is 0 Å². The van der Waals surface area contributed by atoms with Crippen LogP contribution >= 0.6 is 0 Å². The molecule has 0 spiro atoms. The van der Waals surface area contributed by atoms with Crippen LogP contribution in [0.1, 0.15) is 37.0 Å². The summed E-state index contributed by atoms with van der Waals surface area (Å²) < 4.78 is 0. The van der Waals surface area contributed by atoms with Crippen molar-refractivity contribution >= 4 is 11.8 Å². The second-order valence-electron chi connectivity index (χ2n) is 9.98. The first-order chi connectivity index (χ1) is 14.7. The third-order valence-corrected chi connectivity index (χ3v) is 6.74. The quantitative estimate of drug-likeness (QED) is 0.698. The SMILES string of the molecule is Cc1ccc(CN(C)C(=O)CN2CCN(CC(=O)N3C[C@@H](C)C[C@H](C)C3)CC2)c(C)c1. The molecule has 0 radical (unpaired) electrons. The van der Waals surface area contributed by atoms with E-state index < -0.39 is 0 Å².